The average Bonchev–Trinajstić information content (AvgIpc) is 3.36. The summed E-state index contributed by atoms with van der Waals surface area (Å²) in [5.74, 6) is 0. The zero-order chi connectivity index (χ0) is 31.1. The van der Waals surface area contributed by atoms with Crippen molar-refractivity contribution in [2.75, 3.05) is 52.9 Å². The zero-order valence-corrected chi connectivity index (χ0v) is 28.3. The second-order valence-electron chi connectivity index (χ2n) is 12.7. The van der Waals surface area contributed by atoms with Crippen molar-refractivity contribution in [2.24, 2.45) is 0 Å². The molecule has 1 N–H and O–H groups in total. The summed E-state index contributed by atoms with van der Waals surface area (Å²) in [6.45, 7) is 5.92. The van der Waals surface area contributed by atoms with Crippen molar-refractivity contribution in [1.29, 1.82) is 0 Å². The predicted octanol–water partition coefficient (Wildman–Crippen LogP) is 3.55. The van der Waals surface area contributed by atoms with Crippen molar-refractivity contribution in [2.45, 2.75) is 56.4 Å². The minimum absolute atomic E-state index is 0.0332. The fourth-order valence-corrected chi connectivity index (χ4v) is 8.82. The molecule has 0 radical (unpaired) electrons. The molecule has 2 aromatic carbocycles. The van der Waals surface area contributed by atoms with Gasteiger partial charge in [-0.3, -0.25) is 18.8 Å². The molecule has 2 unspecified atom stereocenters. The van der Waals surface area contributed by atoms with Crippen LogP contribution in [0.25, 0.3) is 11.0 Å². The van der Waals surface area contributed by atoms with Crippen LogP contribution >= 0.6 is 31.9 Å². The van der Waals surface area contributed by atoms with E-state index in [9.17, 15) is 19.5 Å². The number of piperazine rings is 1. The summed E-state index contributed by atoms with van der Waals surface area (Å²) >= 11 is 7.11. The molecule has 0 aliphatic carbocycles. The first-order chi connectivity index (χ1) is 21.2. The Kier molecular flexibility index (Phi) is 9.20. The van der Waals surface area contributed by atoms with Crippen molar-refractivity contribution in [1.82, 2.24) is 24.3 Å². The van der Waals surface area contributed by atoms with Crippen LogP contribution in [0.2, 0.25) is 0 Å². The number of quaternary nitrogens is 1. The van der Waals surface area contributed by atoms with E-state index < -0.39 is 11.8 Å². The lowest BCUT2D eigenvalue weighted by Gasteiger charge is -2.61. The highest BCUT2D eigenvalue weighted by molar-refractivity contribution is 9.13. The number of nitrogens with zero attached hydrogens (tertiary/aromatic N) is 5. The molecular formula is C32H40Br2N6O4. The van der Waals surface area contributed by atoms with Crippen molar-refractivity contribution < 1.29 is 19.2 Å². The van der Waals surface area contributed by atoms with Gasteiger partial charge < -0.3 is 24.6 Å². The van der Waals surface area contributed by atoms with Crippen LogP contribution in [0.3, 0.4) is 0 Å². The number of piperidine rings is 2. The van der Waals surface area contributed by atoms with Gasteiger partial charge >= 0.3 is 5.69 Å². The van der Waals surface area contributed by atoms with Crippen LogP contribution in [-0.4, -0.2) is 106 Å². The monoisotopic (exact) mass is 730 g/mol. The number of nitrogens with one attached hydrogen (secondary N) is 1. The number of aldehydes is 1. The van der Waals surface area contributed by atoms with E-state index in [0.29, 0.717) is 32.0 Å². The Balaban J connectivity index is 1.41. The molecule has 236 valence electrons. The maximum absolute atomic E-state index is 13.6. The van der Waals surface area contributed by atoms with Gasteiger partial charge in [0, 0.05) is 72.7 Å². The van der Waals surface area contributed by atoms with E-state index in [1.165, 1.54) is 0 Å². The molecule has 0 spiro atoms. The molecule has 3 aliphatic rings. The number of halogens is 2. The third-order valence-corrected chi connectivity index (χ3v) is 12.4. The Morgan fingerprint density at radius 2 is 1.75 bits per heavy atom. The molecule has 1 aromatic heterocycles. The van der Waals surface area contributed by atoms with E-state index in [1.807, 2.05) is 42.5 Å². The van der Waals surface area contributed by atoms with Gasteiger partial charge in [0.2, 0.25) is 0 Å². The number of carboxylic acid groups (broad SMARTS) is 1. The molecule has 3 atom stereocenters. The highest BCUT2D eigenvalue weighted by Crippen LogP contribution is 2.47. The number of benzene rings is 2. The first-order valence-electron chi connectivity index (χ1n) is 15.5. The van der Waals surface area contributed by atoms with Crippen LogP contribution in [0.15, 0.2) is 56.2 Å². The van der Waals surface area contributed by atoms with Crippen molar-refractivity contribution in [3.63, 3.8) is 0 Å². The summed E-state index contributed by atoms with van der Waals surface area (Å²) in [4.78, 5) is 49.8. The maximum Gasteiger partial charge on any atom is 0.326 e. The molecule has 0 saturated carbocycles. The number of carbonyl (C=O) groups is 2. The second-order valence-corrected chi connectivity index (χ2v) is 14.4. The van der Waals surface area contributed by atoms with Crippen LogP contribution in [0.5, 0.6) is 0 Å². The van der Waals surface area contributed by atoms with E-state index >= 15 is 0 Å². The summed E-state index contributed by atoms with van der Waals surface area (Å²) in [7, 11) is 2.16. The molecule has 1 amide bonds. The van der Waals surface area contributed by atoms with Gasteiger partial charge in [-0.2, -0.15) is 0 Å². The minimum Gasteiger partial charge on any atom is -0.498 e. The van der Waals surface area contributed by atoms with Crippen LogP contribution in [0.4, 0.5) is 4.79 Å². The van der Waals surface area contributed by atoms with E-state index in [1.54, 1.807) is 4.57 Å². The number of carbonyl (C=O) groups excluding carboxylic acids is 2. The Labute approximate surface area is 274 Å². The highest BCUT2D eigenvalue weighted by Gasteiger charge is 2.60. The predicted molar refractivity (Wildman–Crippen MR) is 174 cm³/mol. The number of hydrogen-bond donors (Lipinski definition) is 1. The molecule has 4 heterocycles. The van der Waals surface area contributed by atoms with Gasteiger partial charge in [0.05, 0.1) is 30.0 Å². The standard InChI is InChI=1S/C32H40Br2N6O4/c1-36-14-16-37(17-15-36)24-8-12-38(13-9-24)32(11-19-41)21-25(39-29-5-3-2-4-28(29)35-30(39)42)10-18-40(32,31(43)44)22-23-6-7-26(33)27(34)20-23/h2-7,19-20,24-25H,8-18,21-22H2,1H3,(H-,35,42,43,44)/t25?,32?,40-/m0/s1. The molecule has 44 heavy (non-hydrogen) atoms. The summed E-state index contributed by atoms with van der Waals surface area (Å²) < 4.78 is 3.11. The number of likely N-dealkylation sites (N-methyl/N-ethyl adjacent to an activating group) is 1. The number of H-pyrrole nitrogens is 1. The molecule has 10 nitrogen and oxygen atoms in total. The van der Waals surface area contributed by atoms with Crippen molar-refractivity contribution >= 4 is 55.3 Å². The summed E-state index contributed by atoms with van der Waals surface area (Å²) in [5.41, 5.74) is 1.08. The van der Waals surface area contributed by atoms with Crippen LogP contribution in [-0.2, 0) is 11.3 Å². The smallest absolute Gasteiger partial charge is 0.326 e. The number of hydrogen-bond acceptors (Lipinski definition) is 7. The summed E-state index contributed by atoms with van der Waals surface area (Å²) in [6, 6.07) is 13.5. The Bertz CT molecular complexity index is 1580. The van der Waals surface area contributed by atoms with Gasteiger partial charge in [-0.15, -0.1) is 0 Å². The van der Waals surface area contributed by atoms with E-state index in [2.05, 4.69) is 58.6 Å². The number of rotatable bonds is 7. The molecule has 3 aromatic rings. The van der Waals surface area contributed by atoms with Gasteiger partial charge in [-0.05, 0) is 76.0 Å². The number of para-hydroxylation sites is 2. The number of amides is 1. The van der Waals surface area contributed by atoms with Gasteiger partial charge in [-0.25, -0.2) is 4.79 Å². The first kappa shape index (κ1) is 31.6. The minimum atomic E-state index is -1.18. The zero-order valence-electron chi connectivity index (χ0n) is 25.1. The second kappa shape index (κ2) is 12.8. The molecule has 3 saturated heterocycles. The first-order valence-corrected chi connectivity index (χ1v) is 17.1. The molecule has 0 bridgehead atoms. The lowest BCUT2D eigenvalue weighted by Crippen LogP contribution is -2.79. The number of imidazole rings is 1. The fraction of sp³-hybridized carbons (Fsp3) is 0.531. The molecular weight excluding hydrogens is 692 g/mol. The van der Waals surface area contributed by atoms with Crippen LogP contribution in [0, 0.1) is 0 Å². The van der Waals surface area contributed by atoms with Gasteiger partial charge in [0.25, 0.3) is 6.09 Å². The summed E-state index contributed by atoms with van der Waals surface area (Å²) in [6.07, 6.45) is 2.34. The largest absolute Gasteiger partial charge is 0.498 e. The third-order valence-electron chi connectivity index (χ3n) is 10.5. The third kappa shape index (κ3) is 5.62. The van der Waals surface area contributed by atoms with E-state index in [4.69, 9.17) is 0 Å². The van der Waals surface area contributed by atoms with E-state index in [0.717, 1.165) is 70.8 Å². The Morgan fingerprint density at radius 1 is 1.02 bits per heavy atom. The van der Waals surface area contributed by atoms with Gasteiger partial charge in [0.15, 0.2) is 5.66 Å². The molecule has 12 heteroatoms. The quantitative estimate of drug-likeness (QED) is 0.293. The number of fused-ring (bicyclic) bond motifs is 1. The van der Waals surface area contributed by atoms with Crippen LogP contribution < -0.4 is 10.8 Å². The average molecular weight is 733 g/mol. The lowest BCUT2D eigenvalue weighted by atomic mass is 9.82. The lowest BCUT2D eigenvalue weighted by molar-refractivity contribution is -0.956. The van der Waals surface area contributed by atoms with Crippen molar-refractivity contribution in [3.8, 4) is 0 Å². The number of aromatic nitrogens is 2. The number of aromatic amines is 1. The summed E-state index contributed by atoms with van der Waals surface area (Å²) in [5, 5.41) is 13.6. The molecule has 3 aliphatic heterocycles. The van der Waals surface area contributed by atoms with E-state index in [-0.39, 0.29) is 35.7 Å². The topological polar surface area (TPSA) is 105 Å². The molecule has 6 rings (SSSR count). The van der Waals surface area contributed by atoms with Gasteiger partial charge in [-0.1, -0.05) is 18.2 Å². The fourth-order valence-electron chi connectivity index (χ4n) is 8.15. The van der Waals surface area contributed by atoms with Crippen molar-refractivity contribution in [3.05, 3.63) is 67.5 Å². The van der Waals surface area contributed by atoms with Gasteiger partial charge in [0.1, 0.15) is 12.8 Å². The Morgan fingerprint density at radius 3 is 2.43 bits per heavy atom. The number of likely N-dealkylation sites (tertiary alicyclic amines) is 2. The van der Waals surface area contributed by atoms with Crippen LogP contribution in [0.1, 0.15) is 43.7 Å². The molecule has 3 fully saturated rings. The Hall–Kier alpha value is -2.35. The SMILES string of the molecule is CN1CCN(C2CCN(C3(CC=O)CC(n4c(=O)[nH]c5ccccc54)CC[N@+]3(Cc3ccc(Br)c(Br)c3)C(=O)[O-])CC2)CC1. The normalized spacial score (nSPS) is 27.9. The highest BCUT2D eigenvalue weighted by atomic mass is 79.9. The maximum atomic E-state index is 13.6.